The third-order valence-corrected chi connectivity index (χ3v) is 3.41. The highest BCUT2D eigenvalue weighted by Crippen LogP contribution is 2.32. The zero-order chi connectivity index (χ0) is 15.4. The number of hydrogen-bond acceptors (Lipinski definition) is 4. The molecule has 1 heterocycles. The van der Waals surface area contributed by atoms with E-state index in [1.807, 2.05) is 45.9 Å². The highest BCUT2D eigenvalue weighted by atomic mass is 35.5. The van der Waals surface area contributed by atoms with Crippen LogP contribution >= 0.6 is 11.6 Å². The fraction of sp³-hybridized carbons (Fsp3) is 0.375. The smallest absolute Gasteiger partial charge is 0.227 e. The number of rotatable bonds is 5. The number of anilines is 1. The number of nitrogens with one attached hydrogen (secondary N) is 1. The van der Waals surface area contributed by atoms with E-state index in [4.69, 9.17) is 16.3 Å². The average Bonchev–Trinajstić information content (AvgIpc) is 2.47. The Bertz CT molecular complexity index is 644. The van der Waals surface area contributed by atoms with Crippen LogP contribution in [0, 0.1) is 13.8 Å². The predicted molar refractivity (Wildman–Crippen MR) is 86.6 cm³/mol. The SMILES string of the molecule is CCNc1nc(CC)nc(Oc2cc(C)ccc2Cl)c1C. The maximum Gasteiger partial charge on any atom is 0.227 e. The Morgan fingerprint density at radius 3 is 2.62 bits per heavy atom. The maximum atomic E-state index is 6.19. The van der Waals surface area contributed by atoms with Crippen LogP contribution in [0.15, 0.2) is 18.2 Å². The molecule has 0 spiro atoms. The standard InChI is InChI=1S/C16H20ClN3O/c1-5-14-19-15(18-6-2)11(4)16(20-14)21-13-9-10(3)7-8-12(13)17/h7-9H,5-6H2,1-4H3,(H,18,19,20). The van der Waals surface area contributed by atoms with Crippen LogP contribution in [-0.2, 0) is 6.42 Å². The summed E-state index contributed by atoms with van der Waals surface area (Å²) < 4.78 is 5.93. The molecular weight excluding hydrogens is 286 g/mol. The van der Waals surface area contributed by atoms with Crippen molar-refractivity contribution in [1.29, 1.82) is 0 Å². The minimum atomic E-state index is 0.547. The summed E-state index contributed by atoms with van der Waals surface area (Å²) >= 11 is 6.19. The topological polar surface area (TPSA) is 47.0 Å². The van der Waals surface area contributed by atoms with Crippen LogP contribution in [0.5, 0.6) is 11.6 Å². The largest absolute Gasteiger partial charge is 0.437 e. The van der Waals surface area contributed by atoms with Crippen LogP contribution in [0.25, 0.3) is 0 Å². The molecule has 0 unspecified atom stereocenters. The van der Waals surface area contributed by atoms with E-state index in [1.54, 1.807) is 0 Å². The van der Waals surface area contributed by atoms with Crippen molar-refractivity contribution in [1.82, 2.24) is 9.97 Å². The van der Waals surface area contributed by atoms with Crippen LogP contribution in [-0.4, -0.2) is 16.5 Å². The highest BCUT2D eigenvalue weighted by molar-refractivity contribution is 6.32. The van der Waals surface area contributed by atoms with Crippen LogP contribution in [0.4, 0.5) is 5.82 Å². The van der Waals surface area contributed by atoms with Crippen molar-refractivity contribution >= 4 is 17.4 Å². The number of benzene rings is 1. The summed E-state index contributed by atoms with van der Waals surface area (Å²) in [6, 6.07) is 5.68. The Morgan fingerprint density at radius 1 is 1.19 bits per heavy atom. The number of ether oxygens (including phenoxy) is 1. The summed E-state index contributed by atoms with van der Waals surface area (Å²) in [6.07, 6.45) is 0.747. The molecule has 0 saturated carbocycles. The van der Waals surface area contributed by atoms with Gasteiger partial charge in [-0.25, -0.2) is 4.98 Å². The lowest BCUT2D eigenvalue weighted by Gasteiger charge is -2.14. The second-order valence-electron chi connectivity index (χ2n) is 4.84. The van der Waals surface area contributed by atoms with E-state index in [1.165, 1.54) is 0 Å². The Kier molecular flexibility index (Phi) is 5.02. The van der Waals surface area contributed by atoms with E-state index in [0.717, 1.165) is 35.7 Å². The molecule has 1 N–H and O–H groups in total. The zero-order valence-electron chi connectivity index (χ0n) is 12.8. The van der Waals surface area contributed by atoms with Gasteiger partial charge < -0.3 is 10.1 Å². The first-order chi connectivity index (χ1) is 10.0. The average molecular weight is 306 g/mol. The fourth-order valence-corrected chi connectivity index (χ4v) is 2.09. The molecule has 0 saturated heterocycles. The Morgan fingerprint density at radius 2 is 1.95 bits per heavy atom. The van der Waals surface area contributed by atoms with Gasteiger partial charge in [0.15, 0.2) is 0 Å². The van der Waals surface area contributed by atoms with Crippen molar-refractivity contribution in [2.75, 3.05) is 11.9 Å². The lowest BCUT2D eigenvalue weighted by molar-refractivity contribution is 0.455. The summed E-state index contributed by atoms with van der Waals surface area (Å²) in [6.45, 7) is 8.79. The molecule has 0 aliphatic rings. The van der Waals surface area contributed by atoms with Crippen LogP contribution in [0.3, 0.4) is 0 Å². The van der Waals surface area contributed by atoms with Crippen LogP contribution < -0.4 is 10.1 Å². The van der Waals surface area contributed by atoms with Crippen molar-refractivity contribution in [2.45, 2.75) is 34.1 Å². The first-order valence-electron chi connectivity index (χ1n) is 7.10. The van der Waals surface area contributed by atoms with Gasteiger partial charge in [0, 0.05) is 13.0 Å². The molecule has 112 valence electrons. The van der Waals surface area contributed by atoms with Gasteiger partial charge in [0.25, 0.3) is 0 Å². The fourth-order valence-electron chi connectivity index (χ4n) is 1.93. The normalized spacial score (nSPS) is 10.5. The molecule has 4 nitrogen and oxygen atoms in total. The third kappa shape index (κ3) is 3.64. The quantitative estimate of drug-likeness (QED) is 0.881. The second kappa shape index (κ2) is 6.76. The van der Waals surface area contributed by atoms with E-state index >= 15 is 0 Å². The molecule has 0 fully saturated rings. The summed E-state index contributed by atoms with van der Waals surface area (Å²) in [4.78, 5) is 8.96. The summed E-state index contributed by atoms with van der Waals surface area (Å²) in [7, 11) is 0. The molecule has 0 bridgehead atoms. The minimum Gasteiger partial charge on any atom is -0.437 e. The van der Waals surface area contributed by atoms with Gasteiger partial charge in [-0.2, -0.15) is 4.98 Å². The number of aryl methyl sites for hydroxylation is 2. The van der Waals surface area contributed by atoms with Crippen molar-refractivity contribution in [3.05, 3.63) is 40.2 Å². The Labute approximate surface area is 130 Å². The molecule has 0 radical (unpaired) electrons. The molecule has 0 aliphatic carbocycles. The minimum absolute atomic E-state index is 0.547. The monoisotopic (exact) mass is 305 g/mol. The molecule has 0 atom stereocenters. The first kappa shape index (κ1) is 15.6. The second-order valence-corrected chi connectivity index (χ2v) is 5.25. The van der Waals surface area contributed by atoms with E-state index in [9.17, 15) is 0 Å². The first-order valence-corrected chi connectivity index (χ1v) is 7.48. The number of hydrogen-bond donors (Lipinski definition) is 1. The summed E-state index contributed by atoms with van der Waals surface area (Å²) in [5, 5.41) is 3.81. The van der Waals surface area contributed by atoms with Crippen molar-refractivity contribution < 1.29 is 4.74 Å². The molecule has 0 aliphatic heterocycles. The van der Waals surface area contributed by atoms with Gasteiger partial charge in [-0.3, -0.25) is 0 Å². The molecule has 21 heavy (non-hydrogen) atoms. The Hall–Kier alpha value is -1.81. The molecule has 2 rings (SSSR count). The number of aromatic nitrogens is 2. The third-order valence-electron chi connectivity index (χ3n) is 3.10. The van der Waals surface area contributed by atoms with Gasteiger partial charge in [-0.05, 0) is 38.5 Å². The molecule has 1 aromatic heterocycles. The van der Waals surface area contributed by atoms with Gasteiger partial charge in [0.05, 0.1) is 10.6 Å². The van der Waals surface area contributed by atoms with Gasteiger partial charge in [0.1, 0.15) is 17.4 Å². The van der Waals surface area contributed by atoms with Crippen molar-refractivity contribution in [2.24, 2.45) is 0 Å². The molecule has 1 aromatic carbocycles. The molecular formula is C16H20ClN3O. The van der Waals surface area contributed by atoms with E-state index in [-0.39, 0.29) is 0 Å². The highest BCUT2D eigenvalue weighted by Gasteiger charge is 2.13. The van der Waals surface area contributed by atoms with E-state index in [0.29, 0.717) is 16.7 Å². The molecule has 2 aromatic rings. The number of nitrogens with zero attached hydrogens (tertiary/aromatic N) is 2. The van der Waals surface area contributed by atoms with Crippen LogP contribution in [0.2, 0.25) is 5.02 Å². The summed E-state index contributed by atoms with van der Waals surface area (Å²) in [5.41, 5.74) is 1.97. The van der Waals surface area contributed by atoms with Crippen molar-refractivity contribution in [3.8, 4) is 11.6 Å². The molecule has 0 amide bonds. The van der Waals surface area contributed by atoms with Gasteiger partial charge in [-0.1, -0.05) is 24.6 Å². The van der Waals surface area contributed by atoms with Gasteiger partial charge in [0.2, 0.25) is 5.88 Å². The number of halogens is 1. The lowest BCUT2D eigenvalue weighted by Crippen LogP contribution is -2.07. The zero-order valence-corrected chi connectivity index (χ0v) is 13.6. The van der Waals surface area contributed by atoms with Gasteiger partial charge >= 0.3 is 0 Å². The van der Waals surface area contributed by atoms with Crippen LogP contribution in [0.1, 0.15) is 30.8 Å². The molecule has 5 heteroatoms. The lowest BCUT2D eigenvalue weighted by atomic mass is 10.2. The van der Waals surface area contributed by atoms with E-state index in [2.05, 4.69) is 15.3 Å². The Balaban J connectivity index is 2.43. The van der Waals surface area contributed by atoms with E-state index < -0.39 is 0 Å². The van der Waals surface area contributed by atoms with Gasteiger partial charge in [-0.15, -0.1) is 0 Å². The van der Waals surface area contributed by atoms with Crippen molar-refractivity contribution in [3.63, 3.8) is 0 Å². The summed E-state index contributed by atoms with van der Waals surface area (Å²) in [5.74, 6) is 2.71. The predicted octanol–water partition coefficient (Wildman–Crippen LogP) is 4.53. The maximum absolute atomic E-state index is 6.19.